The van der Waals surface area contributed by atoms with E-state index in [-0.39, 0.29) is 12.5 Å². The number of carbonyl (C=O) groups is 1. The van der Waals surface area contributed by atoms with Crippen LogP contribution in [0, 0.1) is 0 Å². The van der Waals surface area contributed by atoms with E-state index in [1.807, 2.05) is 24.3 Å². The summed E-state index contributed by atoms with van der Waals surface area (Å²) >= 11 is 0. The molecule has 1 amide bonds. The van der Waals surface area contributed by atoms with E-state index in [9.17, 15) is 4.79 Å². The summed E-state index contributed by atoms with van der Waals surface area (Å²) in [5, 5.41) is 13.5. The zero-order valence-electron chi connectivity index (χ0n) is 15.5. The molecule has 0 saturated heterocycles. The highest BCUT2D eigenvalue weighted by molar-refractivity contribution is 5.90. The second-order valence-electron chi connectivity index (χ2n) is 6.01. The van der Waals surface area contributed by atoms with Gasteiger partial charge in [0, 0.05) is 38.2 Å². The predicted molar refractivity (Wildman–Crippen MR) is 105 cm³/mol. The molecule has 2 aromatic rings. The van der Waals surface area contributed by atoms with Crippen molar-refractivity contribution >= 4 is 17.6 Å². The number of rotatable bonds is 9. The molecular formula is C19H28N6O. The summed E-state index contributed by atoms with van der Waals surface area (Å²) in [6, 6.07) is 9.57. The molecule has 7 nitrogen and oxygen atoms in total. The highest BCUT2D eigenvalue weighted by Gasteiger charge is 2.05. The van der Waals surface area contributed by atoms with Gasteiger partial charge < -0.3 is 16.0 Å². The third kappa shape index (κ3) is 6.96. The number of nitrogens with zero attached hydrogens (tertiary/aromatic N) is 3. The lowest BCUT2D eigenvalue weighted by Crippen LogP contribution is -2.37. The number of anilines is 1. The largest absolute Gasteiger partial charge is 0.356 e. The zero-order valence-corrected chi connectivity index (χ0v) is 15.5. The normalized spacial score (nSPS) is 11.2. The fourth-order valence-corrected chi connectivity index (χ4v) is 2.49. The van der Waals surface area contributed by atoms with E-state index >= 15 is 0 Å². The monoisotopic (exact) mass is 356 g/mol. The Morgan fingerprint density at radius 1 is 1.23 bits per heavy atom. The number of hydrogen-bond donors (Lipinski definition) is 3. The van der Waals surface area contributed by atoms with Crippen LogP contribution in [-0.4, -0.2) is 35.2 Å². The van der Waals surface area contributed by atoms with Gasteiger partial charge in [0.1, 0.15) is 6.54 Å². The van der Waals surface area contributed by atoms with E-state index in [2.05, 4.69) is 33.0 Å². The quantitative estimate of drug-likeness (QED) is 0.366. The molecule has 0 aliphatic heterocycles. The van der Waals surface area contributed by atoms with Gasteiger partial charge in [0.05, 0.1) is 0 Å². The first-order chi connectivity index (χ1) is 12.7. The van der Waals surface area contributed by atoms with Gasteiger partial charge in [-0.3, -0.25) is 14.5 Å². The highest BCUT2D eigenvalue weighted by Crippen LogP contribution is 2.10. The van der Waals surface area contributed by atoms with Crippen LogP contribution in [0.4, 0.5) is 5.69 Å². The fourth-order valence-electron chi connectivity index (χ4n) is 2.49. The summed E-state index contributed by atoms with van der Waals surface area (Å²) in [5.74, 6) is 0.682. The van der Waals surface area contributed by atoms with Crippen molar-refractivity contribution in [3.63, 3.8) is 0 Å². The lowest BCUT2D eigenvalue weighted by atomic mass is 10.2. The molecule has 0 fully saturated rings. The van der Waals surface area contributed by atoms with E-state index in [1.54, 1.807) is 30.2 Å². The lowest BCUT2D eigenvalue weighted by Gasteiger charge is -2.12. The predicted octanol–water partition coefficient (Wildman–Crippen LogP) is 2.38. The van der Waals surface area contributed by atoms with Crippen LogP contribution in [0.15, 0.2) is 47.7 Å². The lowest BCUT2D eigenvalue weighted by molar-refractivity contribution is -0.116. The summed E-state index contributed by atoms with van der Waals surface area (Å²) in [4.78, 5) is 16.3. The Morgan fingerprint density at radius 3 is 2.85 bits per heavy atom. The van der Waals surface area contributed by atoms with Gasteiger partial charge >= 0.3 is 0 Å². The molecular weight excluding hydrogens is 328 g/mol. The van der Waals surface area contributed by atoms with Crippen LogP contribution in [0.1, 0.15) is 31.7 Å². The Morgan fingerprint density at radius 2 is 2.12 bits per heavy atom. The van der Waals surface area contributed by atoms with E-state index in [1.165, 1.54) is 12.8 Å². The van der Waals surface area contributed by atoms with Crippen molar-refractivity contribution in [2.45, 2.75) is 39.3 Å². The van der Waals surface area contributed by atoms with Gasteiger partial charge in [-0.15, -0.1) is 0 Å². The van der Waals surface area contributed by atoms with E-state index in [4.69, 9.17) is 0 Å². The number of aromatic nitrogens is 2. The first-order valence-corrected chi connectivity index (χ1v) is 9.02. The number of nitrogens with one attached hydrogen (secondary N) is 3. The number of unbranched alkanes of at least 4 members (excludes halogenated alkanes) is 2. The van der Waals surface area contributed by atoms with E-state index in [0.29, 0.717) is 6.54 Å². The van der Waals surface area contributed by atoms with Crippen molar-refractivity contribution in [2.24, 2.45) is 4.99 Å². The minimum Gasteiger partial charge on any atom is -0.356 e. The number of hydrogen-bond acceptors (Lipinski definition) is 3. The average Bonchev–Trinajstić information content (AvgIpc) is 3.14. The van der Waals surface area contributed by atoms with Crippen molar-refractivity contribution in [1.29, 1.82) is 0 Å². The summed E-state index contributed by atoms with van der Waals surface area (Å²) in [6.07, 6.45) is 6.97. The Hall–Kier alpha value is -2.83. The molecule has 0 bridgehead atoms. The van der Waals surface area contributed by atoms with Gasteiger partial charge in [0.25, 0.3) is 0 Å². The highest BCUT2D eigenvalue weighted by atomic mass is 16.2. The smallest absolute Gasteiger partial charge is 0.246 e. The molecule has 140 valence electrons. The second-order valence-corrected chi connectivity index (χ2v) is 6.01. The van der Waals surface area contributed by atoms with E-state index < -0.39 is 0 Å². The Balaban J connectivity index is 1.81. The summed E-state index contributed by atoms with van der Waals surface area (Å²) in [7, 11) is 1.76. The van der Waals surface area contributed by atoms with E-state index in [0.717, 1.165) is 30.2 Å². The summed E-state index contributed by atoms with van der Waals surface area (Å²) in [5.41, 5.74) is 1.84. The Bertz CT molecular complexity index is 696. The molecule has 1 aromatic heterocycles. The molecule has 0 unspecified atom stereocenters. The van der Waals surface area contributed by atoms with Crippen LogP contribution in [0.5, 0.6) is 0 Å². The van der Waals surface area contributed by atoms with Gasteiger partial charge in [0.15, 0.2) is 5.96 Å². The van der Waals surface area contributed by atoms with Crippen molar-refractivity contribution in [1.82, 2.24) is 20.4 Å². The van der Waals surface area contributed by atoms with Crippen molar-refractivity contribution < 1.29 is 4.79 Å². The Labute approximate surface area is 154 Å². The molecule has 0 radical (unpaired) electrons. The van der Waals surface area contributed by atoms with Crippen LogP contribution in [-0.2, 0) is 17.9 Å². The minimum atomic E-state index is -0.104. The maximum absolute atomic E-state index is 12.1. The number of aliphatic imine (C=N–C) groups is 1. The molecule has 0 aliphatic carbocycles. The maximum atomic E-state index is 12.1. The molecule has 0 atom stereocenters. The molecule has 3 N–H and O–H groups in total. The maximum Gasteiger partial charge on any atom is 0.246 e. The summed E-state index contributed by atoms with van der Waals surface area (Å²) in [6.45, 7) is 3.94. The third-order valence-electron chi connectivity index (χ3n) is 3.83. The van der Waals surface area contributed by atoms with Crippen molar-refractivity contribution in [2.75, 3.05) is 18.9 Å². The third-order valence-corrected chi connectivity index (χ3v) is 3.83. The average molecular weight is 356 g/mol. The van der Waals surface area contributed by atoms with Crippen LogP contribution in [0.2, 0.25) is 0 Å². The number of benzene rings is 1. The van der Waals surface area contributed by atoms with Crippen LogP contribution >= 0.6 is 0 Å². The number of guanidine groups is 1. The molecule has 0 saturated carbocycles. The molecule has 1 heterocycles. The second kappa shape index (κ2) is 10.9. The fraction of sp³-hybridized carbons (Fsp3) is 0.421. The first kappa shape index (κ1) is 19.5. The molecule has 0 spiro atoms. The number of carbonyl (C=O) groups excluding carboxylic acids is 1. The number of amides is 1. The van der Waals surface area contributed by atoms with Crippen molar-refractivity contribution in [3.8, 4) is 0 Å². The summed E-state index contributed by atoms with van der Waals surface area (Å²) < 4.78 is 1.59. The standard InChI is InChI=1S/C19H28N6O/c1-3-4-5-10-21-19(20-2)22-14-16-8-6-9-17(13-16)24-18(26)15-25-12-7-11-23-25/h6-9,11-13H,3-5,10,14-15H2,1-2H3,(H,24,26)(H2,20,21,22). The zero-order chi connectivity index (χ0) is 18.6. The minimum absolute atomic E-state index is 0.104. The van der Waals surface area contributed by atoms with Gasteiger partial charge in [-0.25, -0.2) is 0 Å². The van der Waals surface area contributed by atoms with Crippen LogP contribution < -0.4 is 16.0 Å². The van der Waals surface area contributed by atoms with Gasteiger partial charge in [0.2, 0.25) is 5.91 Å². The molecule has 7 heteroatoms. The molecule has 1 aromatic carbocycles. The van der Waals surface area contributed by atoms with Gasteiger partial charge in [-0.1, -0.05) is 31.9 Å². The molecule has 26 heavy (non-hydrogen) atoms. The Kier molecular flexibility index (Phi) is 8.18. The van der Waals surface area contributed by atoms with Gasteiger partial charge in [-0.2, -0.15) is 5.10 Å². The first-order valence-electron chi connectivity index (χ1n) is 9.02. The van der Waals surface area contributed by atoms with Crippen LogP contribution in [0.25, 0.3) is 0 Å². The topological polar surface area (TPSA) is 83.3 Å². The van der Waals surface area contributed by atoms with Gasteiger partial charge in [-0.05, 0) is 30.2 Å². The molecule has 2 rings (SSSR count). The van der Waals surface area contributed by atoms with Crippen LogP contribution in [0.3, 0.4) is 0 Å². The van der Waals surface area contributed by atoms with Crippen molar-refractivity contribution in [3.05, 3.63) is 48.3 Å². The SMILES string of the molecule is CCCCCNC(=NC)NCc1cccc(NC(=O)Cn2cccn2)c1. The molecule has 0 aliphatic rings.